The van der Waals surface area contributed by atoms with Gasteiger partial charge in [0.25, 0.3) is 5.91 Å². The molecule has 1 N–H and O–H groups in total. The highest BCUT2D eigenvalue weighted by molar-refractivity contribution is 5.94. The molecule has 3 nitrogen and oxygen atoms in total. The van der Waals surface area contributed by atoms with Gasteiger partial charge in [-0.2, -0.15) is 0 Å². The van der Waals surface area contributed by atoms with Gasteiger partial charge in [0.2, 0.25) is 0 Å². The van der Waals surface area contributed by atoms with E-state index in [0.29, 0.717) is 5.56 Å². The molecule has 1 fully saturated rings. The fourth-order valence-electron chi connectivity index (χ4n) is 3.19. The summed E-state index contributed by atoms with van der Waals surface area (Å²) in [5, 5.41) is 9.53. The average molecular weight is 331 g/mol. The van der Waals surface area contributed by atoms with Crippen LogP contribution in [0.5, 0.6) is 0 Å². The standard InChI is InChI=1S/C19H19F2NO2/c1-13-7-8-15(9-17(13)20)18(24)22-10-16(19(21,11-22)12-23)14-5-3-2-4-6-14/h2-9,16,23H,10-12H2,1H3. The maximum absolute atomic E-state index is 15.1. The minimum atomic E-state index is -1.90. The monoisotopic (exact) mass is 331 g/mol. The molecular weight excluding hydrogens is 312 g/mol. The molecule has 3 rings (SSSR count). The summed E-state index contributed by atoms with van der Waals surface area (Å²) in [4.78, 5) is 13.9. The van der Waals surface area contributed by atoms with Crippen molar-refractivity contribution >= 4 is 5.91 Å². The Morgan fingerprint density at radius 2 is 2.00 bits per heavy atom. The Labute approximate surface area is 139 Å². The van der Waals surface area contributed by atoms with Gasteiger partial charge >= 0.3 is 0 Å². The number of nitrogens with zero attached hydrogens (tertiary/aromatic N) is 1. The third-order valence-electron chi connectivity index (χ3n) is 4.65. The van der Waals surface area contributed by atoms with Gasteiger partial charge in [-0.05, 0) is 30.2 Å². The zero-order valence-corrected chi connectivity index (χ0v) is 13.4. The topological polar surface area (TPSA) is 40.5 Å². The van der Waals surface area contributed by atoms with E-state index in [1.807, 2.05) is 6.07 Å². The highest BCUT2D eigenvalue weighted by atomic mass is 19.1. The molecule has 2 aromatic carbocycles. The van der Waals surface area contributed by atoms with E-state index in [1.54, 1.807) is 31.2 Å². The molecule has 0 aliphatic carbocycles. The second-order valence-electron chi connectivity index (χ2n) is 6.31. The van der Waals surface area contributed by atoms with Gasteiger partial charge in [-0.1, -0.05) is 36.4 Å². The first-order chi connectivity index (χ1) is 11.4. The number of hydrogen-bond acceptors (Lipinski definition) is 2. The molecule has 2 atom stereocenters. The second kappa shape index (κ2) is 6.32. The zero-order chi connectivity index (χ0) is 17.3. The number of hydrogen-bond donors (Lipinski definition) is 1. The molecule has 5 heteroatoms. The number of aryl methyl sites for hydroxylation is 1. The van der Waals surface area contributed by atoms with Crippen LogP contribution >= 0.6 is 0 Å². The molecular formula is C19H19F2NO2. The van der Waals surface area contributed by atoms with Gasteiger partial charge in [0.05, 0.1) is 13.2 Å². The van der Waals surface area contributed by atoms with E-state index in [2.05, 4.69) is 0 Å². The van der Waals surface area contributed by atoms with Gasteiger partial charge < -0.3 is 10.0 Å². The number of likely N-dealkylation sites (tertiary alicyclic amines) is 1. The van der Waals surface area contributed by atoms with Crippen molar-refractivity contribution in [3.05, 3.63) is 71.0 Å². The lowest BCUT2D eigenvalue weighted by Crippen LogP contribution is -2.37. The number of carbonyl (C=O) groups excluding carboxylic acids is 1. The number of aliphatic hydroxyl groups is 1. The van der Waals surface area contributed by atoms with Crippen molar-refractivity contribution in [1.82, 2.24) is 4.90 Å². The Bertz CT molecular complexity index is 750. The van der Waals surface area contributed by atoms with Gasteiger partial charge in [0.1, 0.15) is 5.82 Å². The highest BCUT2D eigenvalue weighted by Gasteiger charge is 2.49. The van der Waals surface area contributed by atoms with Crippen molar-refractivity contribution in [2.45, 2.75) is 18.5 Å². The first kappa shape index (κ1) is 16.6. The van der Waals surface area contributed by atoms with Crippen LogP contribution in [-0.2, 0) is 0 Å². The second-order valence-corrected chi connectivity index (χ2v) is 6.31. The summed E-state index contributed by atoms with van der Waals surface area (Å²) in [5.74, 6) is -1.50. The third-order valence-corrected chi connectivity index (χ3v) is 4.65. The molecule has 24 heavy (non-hydrogen) atoms. The van der Waals surface area contributed by atoms with Crippen molar-refractivity contribution in [2.24, 2.45) is 0 Å². The quantitative estimate of drug-likeness (QED) is 0.939. The molecule has 2 unspecified atom stereocenters. The summed E-state index contributed by atoms with van der Waals surface area (Å²) in [6, 6.07) is 13.2. The third kappa shape index (κ3) is 2.91. The van der Waals surface area contributed by atoms with Crippen LogP contribution < -0.4 is 0 Å². The Hall–Kier alpha value is -2.27. The Kier molecular flexibility index (Phi) is 4.37. The molecule has 1 saturated heterocycles. The number of aliphatic hydroxyl groups excluding tert-OH is 1. The summed E-state index contributed by atoms with van der Waals surface area (Å²) in [6.07, 6.45) is 0. The molecule has 1 aliphatic rings. The Morgan fingerprint density at radius 3 is 2.62 bits per heavy atom. The summed E-state index contributed by atoms with van der Waals surface area (Å²) < 4.78 is 28.8. The Morgan fingerprint density at radius 1 is 1.29 bits per heavy atom. The summed E-state index contributed by atoms with van der Waals surface area (Å²) in [6.45, 7) is 0.884. The molecule has 0 saturated carbocycles. The normalized spacial score (nSPS) is 23.5. The van der Waals surface area contributed by atoms with Crippen LogP contribution in [0.3, 0.4) is 0 Å². The number of halogens is 2. The fourth-order valence-corrected chi connectivity index (χ4v) is 3.19. The number of alkyl halides is 1. The molecule has 1 amide bonds. The minimum Gasteiger partial charge on any atom is -0.393 e. The lowest BCUT2D eigenvalue weighted by atomic mass is 9.87. The van der Waals surface area contributed by atoms with Gasteiger partial charge in [0.15, 0.2) is 5.67 Å². The van der Waals surface area contributed by atoms with Crippen molar-refractivity contribution in [2.75, 3.05) is 19.7 Å². The van der Waals surface area contributed by atoms with Gasteiger partial charge in [0, 0.05) is 18.0 Å². The first-order valence-electron chi connectivity index (χ1n) is 7.85. The summed E-state index contributed by atoms with van der Waals surface area (Å²) in [5.41, 5.74) is -0.530. The van der Waals surface area contributed by atoms with Crippen molar-refractivity contribution in [3.63, 3.8) is 0 Å². The maximum Gasteiger partial charge on any atom is 0.254 e. The lowest BCUT2D eigenvalue weighted by molar-refractivity contribution is 0.0575. The fraction of sp³-hybridized carbons (Fsp3) is 0.316. The SMILES string of the molecule is Cc1ccc(C(=O)N2CC(c3ccccc3)C(F)(CO)C2)cc1F. The molecule has 126 valence electrons. The zero-order valence-electron chi connectivity index (χ0n) is 13.4. The molecule has 2 aromatic rings. The first-order valence-corrected chi connectivity index (χ1v) is 7.85. The van der Waals surface area contributed by atoms with E-state index >= 15 is 4.39 Å². The van der Waals surface area contributed by atoms with Crippen LogP contribution in [-0.4, -0.2) is 41.3 Å². The average Bonchev–Trinajstić information content (AvgIpc) is 2.96. The van der Waals surface area contributed by atoms with Crippen LogP contribution in [0.25, 0.3) is 0 Å². The number of amides is 1. The lowest BCUT2D eigenvalue weighted by Gasteiger charge is -2.23. The number of rotatable bonds is 3. The predicted octanol–water partition coefficient (Wildman–Crippen LogP) is 3.07. The van der Waals surface area contributed by atoms with E-state index in [-0.39, 0.29) is 18.7 Å². The van der Waals surface area contributed by atoms with Crippen molar-refractivity contribution in [1.29, 1.82) is 0 Å². The smallest absolute Gasteiger partial charge is 0.254 e. The molecule has 1 aliphatic heterocycles. The van der Waals surface area contributed by atoms with Crippen molar-refractivity contribution in [3.8, 4) is 0 Å². The molecule has 0 spiro atoms. The van der Waals surface area contributed by atoms with E-state index in [9.17, 15) is 14.3 Å². The van der Waals surface area contributed by atoms with Crippen LogP contribution in [0.2, 0.25) is 0 Å². The minimum absolute atomic E-state index is 0.148. The molecule has 0 radical (unpaired) electrons. The van der Waals surface area contributed by atoms with E-state index in [4.69, 9.17) is 0 Å². The molecule has 0 bridgehead atoms. The van der Waals surface area contributed by atoms with Gasteiger partial charge in [-0.25, -0.2) is 8.78 Å². The van der Waals surface area contributed by atoms with Gasteiger partial charge in [-0.15, -0.1) is 0 Å². The summed E-state index contributed by atoms with van der Waals surface area (Å²) in [7, 11) is 0. The van der Waals surface area contributed by atoms with Crippen LogP contribution in [0, 0.1) is 12.7 Å². The molecule has 0 aromatic heterocycles. The van der Waals surface area contributed by atoms with E-state index in [0.717, 1.165) is 5.56 Å². The Balaban J connectivity index is 1.88. The number of carbonyl (C=O) groups is 1. The highest BCUT2D eigenvalue weighted by Crippen LogP contribution is 2.39. The van der Waals surface area contributed by atoms with Crippen LogP contribution in [0.1, 0.15) is 27.4 Å². The largest absolute Gasteiger partial charge is 0.393 e. The van der Waals surface area contributed by atoms with E-state index in [1.165, 1.54) is 23.1 Å². The van der Waals surface area contributed by atoms with E-state index < -0.39 is 29.9 Å². The van der Waals surface area contributed by atoms with Crippen LogP contribution in [0.4, 0.5) is 8.78 Å². The predicted molar refractivity (Wildman–Crippen MR) is 87.1 cm³/mol. The van der Waals surface area contributed by atoms with Crippen molar-refractivity contribution < 1.29 is 18.7 Å². The summed E-state index contributed by atoms with van der Waals surface area (Å²) >= 11 is 0. The maximum atomic E-state index is 15.1. The van der Waals surface area contributed by atoms with Crippen LogP contribution in [0.15, 0.2) is 48.5 Å². The van der Waals surface area contributed by atoms with Gasteiger partial charge in [-0.3, -0.25) is 4.79 Å². The number of benzene rings is 2. The molecule has 1 heterocycles.